The monoisotopic (exact) mass is 484 g/mol. The van der Waals surface area contributed by atoms with Gasteiger partial charge in [0.2, 0.25) is 6.29 Å². The van der Waals surface area contributed by atoms with Crippen LogP contribution >= 0.6 is 0 Å². The first-order valence-electron chi connectivity index (χ1n) is 10.2. The van der Waals surface area contributed by atoms with Crippen molar-refractivity contribution in [3.63, 3.8) is 0 Å². The van der Waals surface area contributed by atoms with Crippen molar-refractivity contribution in [2.45, 2.75) is 67.2 Å². The van der Waals surface area contributed by atoms with Crippen molar-refractivity contribution < 1.29 is 59.8 Å². The number of methoxy groups -OCH3 is 1. The number of ether oxygens (including phenoxy) is 6. The maximum absolute atomic E-state index is 13.8. The van der Waals surface area contributed by atoms with Gasteiger partial charge in [0.05, 0.1) is 0 Å². The van der Waals surface area contributed by atoms with Crippen LogP contribution in [0.2, 0.25) is 0 Å². The SMILES string of the molecule is COCOC1C(=O)OC2OC3(OC21)C1CC2CC3CC(OC(=O)C(F)(F)S(=O)(=O)O)(C2)C1. The minimum Gasteiger partial charge on any atom is -0.454 e. The molecule has 4 aliphatic carbocycles. The number of carbonyl (C=O) groups is 2. The van der Waals surface area contributed by atoms with Crippen LogP contribution in [0.4, 0.5) is 8.78 Å². The Bertz CT molecular complexity index is 921. The highest BCUT2D eigenvalue weighted by atomic mass is 32.2. The zero-order valence-electron chi connectivity index (χ0n) is 16.9. The van der Waals surface area contributed by atoms with Crippen molar-refractivity contribution in [1.82, 2.24) is 0 Å². The first kappa shape index (κ1) is 22.3. The van der Waals surface area contributed by atoms with Crippen LogP contribution < -0.4 is 0 Å². The first-order valence-corrected chi connectivity index (χ1v) is 11.6. The van der Waals surface area contributed by atoms with Gasteiger partial charge in [0.1, 0.15) is 12.4 Å². The molecule has 0 radical (unpaired) electrons. The van der Waals surface area contributed by atoms with Gasteiger partial charge in [-0.3, -0.25) is 4.55 Å². The Morgan fingerprint density at radius 2 is 1.88 bits per heavy atom. The van der Waals surface area contributed by atoms with E-state index < -0.39 is 57.2 Å². The van der Waals surface area contributed by atoms with Gasteiger partial charge in [0, 0.05) is 18.9 Å². The van der Waals surface area contributed by atoms with Gasteiger partial charge in [-0.05, 0) is 38.0 Å². The Balaban J connectivity index is 1.36. The van der Waals surface area contributed by atoms with E-state index in [1.807, 2.05) is 0 Å². The molecule has 0 amide bonds. The molecule has 2 saturated heterocycles. The number of alkyl halides is 2. The molecule has 2 aliphatic heterocycles. The Morgan fingerprint density at radius 1 is 1.22 bits per heavy atom. The van der Waals surface area contributed by atoms with Crippen LogP contribution in [0.25, 0.3) is 0 Å². The average molecular weight is 484 g/mol. The fourth-order valence-electron chi connectivity index (χ4n) is 6.19. The Labute approximate surface area is 181 Å². The molecule has 4 saturated carbocycles. The molecule has 0 aromatic carbocycles. The number of rotatable bonds is 6. The summed E-state index contributed by atoms with van der Waals surface area (Å²) in [4.78, 5) is 24.0. The summed E-state index contributed by atoms with van der Waals surface area (Å²) in [6.45, 7) is -0.157. The van der Waals surface area contributed by atoms with Gasteiger partial charge in [-0.1, -0.05) is 0 Å². The van der Waals surface area contributed by atoms with E-state index >= 15 is 0 Å². The van der Waals surface area contributed by atoms with Gasteiger partial charge in [-0.15, -0.1) is 0 Å². The number of halogens is 2. The maximum atomic E-state index is 13.8. The Kier molecular flexibility index (Phi) is 4.91. The third kappa shape index (κ3) is 3.10. The van der Waals surface area contributed by atoms with E-state index in [0.717, 1.165) is 0 Å². The van der Waals surface area contributed by atoms with Crippen LogP contribution in [0.15, 0.2) is 0 Å². The first-order chi connectivity index (χ1) is 14.9. The second-order valence-corrected chi connectivity index (χ2v) is 10.6. The van der Waals surface area contributed by atoms with Crippen LogP contribution in [-0.2, 0) is 48.1 Å². The standard InChI is InChI=1S/C18H22F2O11S/c1-26-7-27-11-12-14(28-13(11)21)30-17(29-12)9-2-8-3-10(17)6-16(4-8,5-9)31-15(22)18(19,20)32(23,24)25/h8-12,14H,2-7H2,1H3,(H,23,24,25). The molecule has 6 fully saturated rings. The molecular formula is C18H22F2O11S. The molecule has 1 spiro atoms. The van der Waals surface area contributed by atoms with Gasteiger partial charge in [-0.2, -0.15) is 17.2 Å². The minimum atomic E-state index is -5.97. The molecule has 1 N–H and O–H groups in total. The van der Waals surface area contributed by atoms with E-state index in [9.17, 15) is 26.8 Å². The lowest BCUT2D eigenvalue weighted by Crippen LogP contribution is -2.66. The molecule has 2 heterocycles. The molecule has 4 bridgehead atoms. The molecule has 6 aliphatic rings. The molecule has 6 rings (SSSR count). The molecule has 14 heteroatoms. The van der Waals surface area contributed by atoms with E-state index in [1.165, 1.54) is 7.11 Å². The highest BCUT2D eigenvalue weighted by Gasteiger charge is 2.72. The summed E-state index contributed by atoms with van der Waals surface area (Å²) in [7, 11) is -4.57. The van der Waals surface area contributed by atoms with Crippen LogP contribution in [0.5, 0.6) is 0 Å². The van der Waals surface area contributed by atoms with Crippen molar-refractivity contribution in [3.8, 4) is 0 Å². The van der Waals surface area contributed by atoms with Crippen LogP contribution in [0.3, 0.4) is 0 Å². The summed E-state index contributed by atoms with van der Waals surface area (Å²) >= 11 is 0. The fraction of sp³-hybridized carbons (Fsp3) is 0.889. The molecule has 180 valence electrons. The molecular weight excluding hydrogens is 462 g/mol. The fourth-order valence-corrected chi connectivity index (χ4v) is 6.44. The third-order valence-electron chi connectivity index (χ3n) is 7.16. The van der Waals surface area contributed by atoms with Gasteiger partial charge in [0.15, 0.2) is 18.0 Å². The van der Waals surface area contributed by atoms with E-state index in [4.69, 9.17) is 33.0 Å². The zero-order valence-corrected chi connectivity index (χ0v) is 17.7. The van der Waals surface area contributed by atoms with E-state index in [1.54, 1.807) is 0 Å². The number of hydrogen-bond acceptors (Lipinski definition) is 10. The average Bonchev–Trinajstić information content (AvgIpc) is 3.17. The lowest BCUT2D eigenvalue weighted by molar-refractivity contribution is -0.338. The molecule has 32 heavy (non-hydrogen) atoms. The Morgan fingerprint density at radius 3 is 2.47 bits per heavy atom. The quantitative estimate of drug-likeness (QED) is 0.321. The summed E-state index contributed by atoms with van der Waals surface area (Å²) in [6, 6.07) is 0. The molecule has 0 aromatic rings. The lowest BCUT2D eigenvalue weighted by atomic mass is 9.51. The van der Waals surface area contributed by atoms with Crippen molar-refractivity contribution in [1.29, 1.82) is 0 Å². The maximum Gasteiger partial charge on any atom is 0.465 e. The predicted octanol–water partition coefficient (Wildman–Crippen LogP) is 0.573. The summed E-state index contributed by atoms with van der Waals surface area (Å²) in [5, 5.41) is -5.06. The summed E-state index contributed by atoms with van der Waals surface area (Å²) in [6.07, 6.45) is -1.15. The molecule has 0 aromatic heterocycles. The van der Waals surface area contributed by atoms with Crippen molar-refractivity contribution in [2.24, 2.45) is 17.8 Å². The van der Waals surface area contributed by atoms with E-state index in [2.05, 4.69) is 0 Å². The Hall–Kier alpha value is -1.45. The van der Waals surface area contributed by atoms with E-state index in [-0.39, 0.29) is 37.4 Å². The number of hydrogen-bond donors (Lipinski definition) is 1. The number of carbonyl (C=O) groups excluding carboxylic acids is 2. The zero-order chi connectivity index (χ0) is 23.1. The summed E-state index contributed by atoms with van der Waals surface area (Å²) in [5.74, 6) is -4.82. The largest absolute Gasteiger partial charge is 0.465 e. The topological polar surface area (TPSA) is 144 Å². The highest BCUT2D eigenvalue weighted by Crippen LogP contribution is 2.65. The molecule has 5 atom stereocenters. The van der Waals surface area contributed by atoms with Crippen molar-refractivity contribution >= 4 is 22.1 Å². The predicted molar refractivity (Wildman–Crippen MR) is 94.2 cm³/mol. The van der Waals surface area contributed by atoms with Gasteiger partial charge < -0.3 is 28.4 Å². The summed E-state index contributed by atoms with van der Waals surface area (Å²) in [5.41, 5.74) is -1.32. The van der Waals surface area contributed by atoms with Crippen molar-refractivity contribution in [3.05, 3.63) is 0 Å². The molecule has 5 unspecified atom stereocenters. The van der Waals surface area contributed by atoms with Crippen LogP contribution in [-0.4, -0.2) is 74.0 Å². The minimum absolute atomic E-state index is 0.0287. The second kappa shape index (κ2) is 7.03. The number of esters is 2. The van der Waals surface area contributed by atoms with Gasteiger partial charge in [0.25, 0.3) is 0 Å². The van der Waals surface area contributed by atoms with Crippen LogP contribution in [0.1, 0.15) is 32.1 Å². The smallest absolute Gasteiger partial charge is 0.454 e. The second-order valence-electron chi connectivity index (χ2n) is 9.13. The van der Waals surface area contributed by atoms with Gasteiger partial charge in [-0.25, -0.2) is 9.59 Å². The lowest BCUT2D eigenvalue weighted by Gasteiger charge is -2.62. The number of fused-ring (bicyclic) bond motifs is 1. The van der Waals surface area contributed by atoms with Crippen LogP contribution in [0, 0.1) is 17.8 Å². The highest BCUT2D eigenvalue weighted by molar-refractivity contribution is 7.87. The van der Waals surface area contributed by atoms with Crippen molar-refractivity contribution in [2.75, 3.05) is 13.9 Å². The molecule has 11 nitrogen and oxygen atoms in total. The van der Waals surface area contributed by atoms with E-state index in [0.29, 0.717) is 19.3 Å². The third-order valence-corrected chi connectivity index (χ3v) is 7.97. The summed E-state index contributed by atoms with van der Waals surface area (Å²) < 4.78 is 91.0. The van der Waals surface area contributed by atoms with Gasteiger partial charge >= 0.3 is 27.3 Å². The normalized spacial score (nSPS) is 44.7.